The van der Waals surface area contributed by atoms with Crippen molar-refractivity contribution in [2.75, 3.05) is 18.5 Å². The highest BCUT2D eigenvalue weighted by Gasteiger charge is 2.19. The molecule has 0 amide bonds. The summed E-state index contributed by atoms with van der Waals surface area (Å²) in [7, 11) is 1.95. The van der Waals surface area contributed by atoms with E-state index < -0.39 is 0 Å². The molecule has 0 saturated heterocycles. The van der Waals surface area contributed by atoms with E-state index in [1.807, 2.05) is 30.1 Å². The molecule has 0 fully saturated rings. The smallest absolute Gasteiger partial charge is 0.156 e. The summed E-state index contributed by atoms with van der Waals surface area (Å²) in [6.07, 6.45) is 0.569. The first-order valence-electron chi connectivity index (χ1n) is 4.18. The summed E-state index contributed by atoms with van der Waals surface area (Å²) in [5.41, 5.74) is 2.29. The van der Waals surface area contributed by atoms with Crippen LogP contribution in [0, 0.1) is 0 Å². The van der Waals surface area contributed by atoms with Crippen LogP contribution in [0.2, 0.25) is 0 Å². The molecule has 2 rings (SSSR count). The number of carbonyl (C=O) groups is 1. The van der Waals surface area contributed by atoms with Crippen LogP contribution in [0.15, 0.2) is 22.7 Å². The van der Waals surface area contributed by atoms with E-state index in [1.54, 1.807) is 0 Å². The summed E-state index contributed by atoms with van der Waals surface area (Å²) < 4.78 is 1.04. The number of benzene rings is 1. The Bertz CT molecular complexity index is 362. The van der Waals surface area contributed by atoms with Crippen molar-refractivity contribution in [3.8, 4) is 0 Å². The Labute approximate surface area is 85.7 Å². The lowest BCUT2D eigenvalue weighted by Crippen LogP contribution is -2.32. The van der Waals surface area contributed by atoms with Crippen LogP contribution in [0.25, 0.3) is 0 Å². The van der Waals surface area contributed by atoms with Crippen LogP contribution in [-0.4, -0.2) is 19.4 Å². The van der Waals surface area contributed by atoms with Crippen molar-refractivity contribution in [3.63, 3.8) is 0 Å². The fourth-order valence-electron chi connectivity index (χ4n) is 1.69. The van der Waals surface area contributed by atoms with Crippen molar-refractivity contribution in [1.82, 2.24) is 0 Å². The second-order valence-corrected chi connectivity index (χ2v) is 4.26. The molecule has 68 valence electrons. The minimum absolute atomic E-state index is 0.285. The van der Waals surface area contributed by atoms with E-state index in [0.717, 1.165) is 10.0 Å². The van der Waals surface area contributed by atoms with Crippen LogP contribution < -0.4 is 4.90 Å². The number of likely N-dealkylation sites (N-methyl/N-ethyl adjacent to an activating group) is 1. The maximum absolute atomic E-state index is 11.3. The normalized spacial score (nSPS) is 15.8. The van der Waals surface area contributed by atoms with Crippen LogP contribution in [0.5, 0.6) is 0 Å². The van der Waals surface area contributed by atoms with Gasteiger partial charge in [0.15, 0.2) is 5.78 Å². The van der Waals surface area contributed by atoms with Gasteiger partial charge in [-0.15, -0.1) is 0 Å². The molecule has 0 atom stereocenters. The number of hydrogen-bond donors (Lipinski definition) is 0. The number of fused-ring (bicyclic) bond motifs is 1. The maximum Gasteiger partial charge on any atom is 0.156 e. The average Bonchev–Trinajstić information content (AvgIpc) is 2.02. The van der Waals surface area contributed by atoms with Crippen LogP contribution in [0.4, 0.5) is 5.69 Å². The first-order valence-corrected chi connectivity index (χ1v) is 4.97. The molecule has 1 heterocycles. The van der Waals surface area contributed by atoms with E-state index in [9.17, 15) is 4.79 Å². The van der Waals surface area contributed by atoms with Gasteiger partial charge in [-0.1, -0.05) is 15.9 Å². The number of nitrogens with zero attached hydrogens (tertiary/aromatic N) is 1. The molecule has 0 bridgehead atoms. The number of carbonyl (C=O) groups excluding carboxylic acids is 1. The molecule has 1 aliphatic heterocycles. The molecular weight excluding hydrogens is 230 g/mol. The zero-order valence-corrected chi connectivity index (χ0v) is 8.97. The van der Waals surface area contributed by atoms with Gasteiger partial charge in [0, 0.05) is 23.6 Å². The van der Waals surface area contributed by atoms with Crippen LogP contribution in [0.1, 0.15) is 5.56 Å². The van der Waals surface area contributed by atoms with Crippen molar-refractivity contribution in [3.05, 3.63) is 28.2 Å². The number of hydrogen-bond acceptors (Lipinski definition) is 2. The highest BCUT2D eigenvalue weighted by atomic mass is 79.9. The van der Waals surface area contributed by atoms with Gasteiger partial charge in [-0.25, -0.2) is 0 Å². The third-order valence-electron chi connectivity index (χ3n) is 2.25. The molecule has 13 heavy (non-hydrogen) atoms. The molecule has 0 saturated carbocycles. The van der Waals surface area contributed by atoms with E-state index in [-0.39, 0.29) is 5.78 Å². The van der Waals surface area contributed by atoms with E-state index in [4.69, 9.17) is 0 Å². The summed E-state index contributed by atoms with van der Waals surface area (Å²) in [5.74, 6) is 0.285. The molecule has 0 aliphatic carbocycles. The standard InChI is InChI=1S/C10H10BrNO/c1-12-6-9(13)5-7-4-8(11)2-3-10(7)12/h2-4H,5-6H2,1H3. The Kier molecular flexibility index (Phi) is 2.12. The van der Waals surface area contributed by atoms with Gasteiger partial charge >= 0.3 is 0 Å². The van der Waals surface area contributed by atoms with Crippen molar-refractivity contribution >= 4 is 27.4 Å². The summed E-state index contributed by atoms with van der Waals surface area (Å²) >= 11 is 3.40. The van der Waals surface area contributed by atoms with Gasteiger partial charge < -0.3 is 4.90 Å². The summed E-state index contributed by atoms with van der Waals surface area (Å²) in [6.45, 7) is 0.536. The maximum atomic E-state index is 11.3. The van der Waals surface area contributed by atoms with Gasteiger partial charge in [0.2, 0.25) is 0 Å². The molecule has 1 aliphatic rings. The third kappa shape index (κ3) is 1.61. The summed E-state index contributed by atoms with van der Waals surface area (Å²) in [5, 5.41) is 0. The molecule has 0 aromatic heterocycles. The van der Waals surface area contributed by atoms with Crippen LogP contribution >= 0.6 is 15.9 Å². The van der Waals surface area contributed by atoms with Crippen molar-refractivity contribution in [2.24, 2.45) is 0 Å². The van der Waals surface area contributed by atoms with E-state index in [0.29, 0.717) is 13.0 Å². The predicted molar refractivity (Wildman–Crippen MR) is 56.1 cm³/mol. The quantitative estimate of drug-likeness (QED) is 0.691. The Morgan fingerprint density at radius 3 is 3.00 bits per heavy atom. The third-order valence-corrected chi connectivity index (χ3v) is 2.75. The molecule has 1 aromatic rings. The largest absolute Gasteiger partial charge is 0.367 e. The number of rotatable bonds is 0. The predicted octanol–water partition coefficient (Wildman–Crippen LogP) is 2.01. The monoisotopic (exact) mass is 239 g/mol. The Balaban J connectivity index is 2.49. The van der Waals surface area contributed by atoms with Crippen molar-refractivity contribution in [2.45, 2.75) is 6.42 Å². The fraction of sp³-hybridized carbons (Fsp3) is 0.300. The lowest BCUT2D eigenvalue weighted by molar-refractivity contribution is -0.117. The molecule has 1 aromatic carbocycles. The molecule has 0 radical (unpaired) electrons. The minimum atomic E-state index is 0.285. The molecule has 3 heteroatoms. The average molecular weight is 240 g/mol. The highest BCUT2D eigenvalue weighted by molar-refractivity contribution is 9.10. The van der Waals surface area contributed by atoms with Gasteiger partial charge in [0.05, 0.1) is 6.54 Å². The summed E-state index contributed by atoms with van der Waals surface area (Å²) in [4.78, 5) is 13.3. The topological polar surface area (TPSA) is 20.3 Å². The molecule has 0 N–H and O–H groups in total. The lowest BCUT2D eigenvalue weighted by Gasteiger charge is -2.26. The Morgan fingerprint density at radius 1 is 1.46 bits per heavy atom. The number of Topliss-reactive ketones (excluding diaryl/α,β-unsaturated/α-hetero) is 1. The highest BCUT2D eigenvalue weighted by Crippen LogP contribution is 2.27. The number of halogens is 1. The molecule has 0 unspecified atom stereocenters. The van der Waals surface area contributed by atoms with E-state index in [2.05, 4.69) is 15.9 Å². The molecule has 0 spiro atoms. The van der Waals surface area contributed by atoms with Gasteiger partial charge in [-0.05, 0) is 23.8 Å². The van der Waals surface area contributed by atoms with Gasteiger partial charge in [0.25, 0.3) is 0 Å². The molecular formula is C10H10BrNO. The van der Waals surface area contributed by atoms with Crippen molar-refractivity contribution < 1.29 is 4.79 Å². The zero-order chi connectivity index (χ0) is 9.42. The van der Waals surface area contributed by atoms with Gasteiger partial charge in [0.1, 0.15) is 0 Å². The number of ketones is 1. The second-order valence-electron chi connectivity index (χ2n) is 3.34. The minimum Gasteiger partial charge on any atom is -0.367 e. The van der Waals surface area contributed by atoms with E-state index in [1.165, 1.54) is 5.69 Å². The number of anilines is 1. The first kappa shape index (κ1) is 8.75. The van der Waals surface area contributed by atoms with Gasteiger partial charge in [-0.2, -0.15) is 0 Å². The molecule has 2 nitrogen and oxygen atoms in total. The Hall–Kier alpha value is -0.830. The zero-order valence-electron chi connectivity index (χ0n) is 7.38. The summed E-state index contributed by atoms with van der Waals surface area (Å²) in [6, 6.07) is 6.07. The van der Waals surface area contributed by atoms with Crippen molar-refractivity contribution in [1.29, 1.82) is 0 Å². The van der Waals surface area contributed by atoms with E-state index >= 15 is 0 Å². The van der Waals surface area contributed by atoms with Crippen LogP contribution in [0.3, 0.4) is 0 Å². The fourth-order valence-corrected chi connectivity index (χ4v) is 2.09. The Morgan fingerprint density at radius 2 is 2.23 bits per heavy atom. The second kappa shape index (κ2) is 3.14. The van der Waals surface area contributed by atoms with Crippen LogP contribution in [-0.2, 0) is 11.2 Å². The first-order chi connectivity index (χ1) is 6.16. The van der Waals surface area contributed by atoms with Gasteiger partial charge in [-0.3, -0.25) is 4.79 Å². The lowest BCUT2D eigenvalue weighted by atomic mass is 10.0. The SMILES string of the molecule is CN1CC(=O)Cc2cc(Br)ccc21.